The molecule has 5 nitrogen and oxygen atoms in total. The fourth-order valence-corrected chi connectivity index (χ4v) is 4.72. The Hall–Kier alpha value is -1.18. The van der Waals surface area contributed by atoms with Crippen molar-refractivity contribution in [3.63, 3.8) is 0 Å². The number of allylic oxidation sites excluding steroid dienone is 2. The third-order valence-electron chi connectivity index (χ3n) is 4.45. The standard InChI is InChI=1S/C20H28BrNO4S/c1-15(2)26-20(23)7-5-3-4-6-16-8-11-18(14-16)22-27(24,25)19-12-9-17(21)10-13-19/h4,6,9-10,12-13,15-16,18,22H,3,5,7-8,11,14H2,1-2H3/b6-4-. The van der Waals surface area contributed by atoms with Crippen LogP contribution in [0.5, 0.6) is 0 Å². The summed E-state index contributed by atoms with van der Waals surface area (Å²) in [5.41, 5.74) is 0. The molecule has 0 aliphatic heterocycles. The van der Waals surface area contributed by atoms with Crippen molar-refractivity contribution in [1.82, 2.24) is 4.72 Å². The molecule has 0 spiro atoms. The Morgan fingerprint density at radius 2 is 2.00 bits per heavy atom. The van der Waals surface area contributed by atoms with E-state index in [0.29, 0.717) is 12.3 Å². The zero-order valence-electron chi connectivity index (χ0n) is 15.9. The van der Waals surface area contributed by atoms with E-state index in [9.17, 15) is 13.2 Å². The number of hydrogen-bond donors (Lipinski definition) is 1. The second kappa shape index (κ2) is 10.4. The number of carbonyl (C=O) groups excluding carboxylic acids is 1. The van der Waals surface area contributed by atoms with Crippen molar-refractivity contribution < 1.29 is 17.9 Å². The van der Waals surface area contributed by atoms with Crippen LogP contribution in [-0.4, -0.2) is 26.5 Å². The van der Waals surface area contributed by atoms with Crippen LogP contribution in [0.2, 0.25) is 0 Å². The average molecular weight is 458 g/mol. The molecule has 0 heterocycles. The van der Waals surface area contributed by atoms with Crippen LogP contribution in [-0.2, 0) is 19.6 Å². The number of sulfonamides is 1. The zero-order valence-corrected chi connectivity index (χ0v) is 18.3. The quantitative estimate of drug-likeness (QED) is 0.334. The van der Waals surface area contributed by atoms with E-state index in [4.69, 9.17) is 4.74 Å². The maximum Gasteiger partial charge on any atom is 0.306 e. The molecular formula is C20H28BrNO4S. The van der Waals surface area contributed by atoms with Gasteiger partial charge in [0.1, 0.15) is 0 Å². The van der Waals surface area contributed by atoms with Crippen LogP contribution in [0, 0.1) is 5.92 Å². The van der Waals surface area contributed by atoms with Gasteiger partial charge in [-0.15, -0.1) is 0 Å². The molecule has 7 heteroatoms. The van der Waals surface area contributed by atoms with Gasteiger partial charge in [-0.25, -0.2) is 13.1 Å². The summed E-state index contributed by atoms with van der Waals surface area (Å²) in [6.07, 6.45) is 8.84. The highest BCUT2D eigenvalue weighted by atomic mass is 79.9. The van der Waals surface area contributed by atoms with Gasteiger partial charge in [-0.3, -0.25) is 4.79 Å². The summed E-state index contributed by atoms with van der Waals surface area (Å²) in [6, 6.07) is 6.62. The predicted molar refractivity (Wildman–Crippen MR) is 110 cm³/mol. The van der Waals surface area contributed by atoms with E-state index in [0.717, 1.165) is 36.6 Å². The number of nitrogens with one attached hydrogen (secondary N) is 1. The van der Waals surface area contributed by atoms with Crippen molar-refractivity contribution in [1.29, 1.82) is 0 Å². The van der Waals surface area contributed by atoms with Crippen molar-refractivity contribution in [2.45, 2.75) is 69.4 Å². The fraction of sp³-hybridized carbons (Fsp3) is 0.550. The highest BCUT2D eigenvalue weighted by molar-refractivity contribution is 9.10. The Labute approximate surface area is 170 Å². The molecule has 0 radical (unpaired) electrons. The molecule has 27 heavy (non-hydrogen) atoms. The van der Waals surface area contributed by atoms with Gasteiger partial charge in [-0.2, -0.15) is 0 Å². The monoisotopic (exact) mass is 457 g/mol. The van der Waals surface area contributed by atoms with E-state index in [1.165, 1.54) is 0 Å². The van der Waals surface area contributed by atoms with Gasteiger partial charge in [0.2, 0.25) is 10.0 Å². The number of hydrogen-bond acceptors (Lipinski definition) is 4. The lowest BCUT2D eigenvalue weighted by atomic mass is 10.1. The second-order valence-corrected chi connectivity index (χ2v) is 9.83. The zero-order chi connectivity index (χ0) is 19.9. The Morgan fingerprint density at radius 1 is 1.30 bits per heavy atom. The average Bonchev–Trinajstić information content (AvgIpc) is 3.01. The molecule has 1 aliphatic rings. The Balaban J connectivity index is 1.73. The molecule has 0 amide bonds. The normalized spacial score (nSPS) is 20.4. The van der Waals surface area contributed by atoms with E-state index in [1.54, 1.807) is 24.3 Å². The first kappa shape index (κ1) is 22.1. The number of carbonyl (C=O) groups is 1. The summed E-state index contributed by atoms with van der Waals surface area (Å²) in [6.45, 7) is 3.69. The molecule has 1 aromatic rings. The number of benzene rings is 1. The van der Waals surface area contributed by atoms with Crippen molar-refractivity contribution in [3.05, 3.63) is 40.9 Å². The summed E-state index contributed by atoms with van der Waals surface area (Å²) in [4.78, 5) is 11.8. The van der Waals surface area contributed by atoms with E-state index in [2.05, 4.69) is 32.8 Å². The minimum absolute atomic E-state index is 0.0330. The van der Waals surface area contributed by atoms with Crippen LogP contribution in [0.3, 0.4) is 0 Å². The molecule has 0 bridgehead atoms. The van der Waals surface area contributed by atoms with Crippen LogP contribution in [0.15, 0.2) is 45.8 Å². The van der Waals surface area contributed by atoms with Gasteiger partial charge in [0.15, 0.2) is 0 Å². The molecule has 1 N–H and O–H groups in total. The van der Waals surface area contributed by atoms with Gasteiger partial charge in [0.25, 0.3) is 0 Å². The topological polar surface area (TPSA) is 72.5 Å². The van der Waals surface area contributed by atoms with Crippen LogP contribution in [0.25, 0.3) is 0 Å². The molecule has 1 saturated carbocycles. The Morgan fingerprint density at radius 3 is 2.67 bits per heavy atom. The first-order chi connectivity index (χ1) is 12.8. The van der Waals surface area contributed by atoms with Crippen molar-refractivity contribution in [3.8, 4) is 0 Å². The third kappa shape index (κ3) is 7.76. The molecule has 1 aliphatic carbocycles. The smallest absolute Gasteiger partial charge is 0.306 e. The lowest BCUT2D eigenvalue weighted by Crippen LogP contribution is -2.32. The summed E-state index contributed by atoms with van der Waals surface area (Å²) in [5, 5.41) is 0. The summed E-state index contributed by atoms with van der Waals surface area (Å²) in [7, 11) is -3.48. The van der Waals surface area contributed by atoms with Crippen molar-refractivity contribution in [2.24, 2.45) is 5.92 Å². The summed E-state index contributed by atoms with van der Waals surface area (Å²) in [5.74, 6) is 0.229. The van der Waals surface area contributed by atoms with Crippen LogP contribution in [0.1, 0.15) is 52.4 Å². The van der Waals surface area contributed by atoms with Gasteiger partial charge in [-0.05, 0) is 76.1 Å². The van der Waals surface area contributed by atoms with Gasteiger partial charge < -0.3 is 4.74 Å². The summed E-state index contributed by atoms with van der Waals surface area (Å²) < 4.78 is 33.7. The SMILES string of the molecule is CC(C)OC(=O)CCC/C=C\C1CCC(NS(=O)(=O)c2ccc(Br)cc2)C1. The lowest BCUT2D eigenvalue weighted by molar-refractivity contribution is -0.147. The molecule has 0 aromatic heterocycles. The lowest BCUT2D eigenvalue weighted by Gasteiger charge is -2.13. The highest BCUT2D eigenvalue weighted by Crippen LogP contribution is 2.28. The second-order valence-electron chi connectivity index (χ2n) is 7.20. The van der Waals surface area contributed by atoms with E-state index < -0.39 is 10.0 Å². The molecule has 2 unspecified atom stereocenters. The molecule has 2 rings (SSSR count). The Kier molecular flexibility index (Phi) is 8.51. The number of rotatable bonds is 9. The van der Waals surface area contributed by atoms with Crippen molar-refractivity contribution >= 4 is 31.9 Å². The minimum atomic E-state index is -3.48. The van der Waals surface area contributed by atoms with Crippen LogP contribution >= 0.6 is 15.9 Å². The first-order valence-corrected chi connectivity index (χ1v) is 11.7. The van der Waals surface area contributed by atoms with E-state index >= 15 is 0 Å². The Bertz CT molecular complexity index is 744. The third-order valence-corrected chi connectivity index (χ3v) is 6.51. The van der Waals surface area contributed by atoms with Gasteiger partial charge in [0, 0.05) is 16.9 Å². The molecular weight excluding hydrogens is 430 g/mol. The van der Waals surface area contributed by atoms with Crippen LogP contribution < -0.4 is 4.72 Å². The number of unbranched alkanes of at least 4 members (excludes halogenated alkanes) is 1. The molecule has 1 aromatic carbocycles. The van der Waals surface area contributed by atoms with Crippen LogP contribution in [0.4, 0.5) is 0 Å². The fourth-order valence-electron chi connectivity index (χ4n) is 3.17. The predicted octanol–water partition coefficient (Wildman–Crippen LogP) is 4.57. The first-order valence-electron chi connectivity index (χ1n) is 9.40. The molecule has 150 valence electrons. The van der Waals surface area contributed by atoms with E-state index in [-0.39, 0.29) is 23.0 Å². The van der Waals surface area contributed by atoms with Gasteiger partial charge in [-0.1, -0.05) is 28.1 Å². The van der Waals surface area contributed by atoms with Crippen molar-refractivity contribution in [2.75, 3.05) is 0 Å². The number of esters is 1. The number of ether oxygens (including phenoxy) is 1. The van der Waals surface area contributed by atoms with E-state index in [1.807, 2.05) is 13.8 Å². The largest absolute Gasteiger partial charge is 0.463 e. The highest BCUT2D eigenvalue weighted by Gasteiger charge is 2.27. The number of halogens is 1. The maximum absolute atomic E-state index is 12.5. The van der Waals surface area contributed by atoms with Gasteiger partial charge in [0.05, 0.1) is 11.0 Å². The molecule has 0 saturated heterocycles. The van der Waals surface area contributed by atoms with Gasteiger partial charge >= 0.3 is 5.97 Å². The maximum atomic E-state index is 12.5. The minimum Gasteiger partial charge on any atom is -0.463 e. The molecule has 1 fully saturated rings. The summed E-state index contributed by atoms with van der Waals surface area (Å²) >= 11 is 3.31. The molecule has 2 atom stereocenters.